The largest absolute Gasteiger partial charge is 0.509 e. The molecule has 1 aromatic rings. The van der Waals surface area contributed by atoms with Crippen LogP contribution in [0, 0.1) is 0 Å². The summed E-state index contributed by atoms with van der Waals surface area (Å²) in [6.07, 6.45) is 0.355. The Kier molecular flexibility index (Phi) is 10.5. The van der Waals surface area contributed by atoms with Gasteiger partial charge in [-0.15, -0.1) is 0 Å². The molecule has 1 aliphatic heterocycles. The molecule has 0 radical (unpaired) electrons. The molecular weight excluding hydrogens is 498 g/mol. The molecule has 2 rings (SSSR count). The maximum atomic E-state index is 13.2. The molecule has 1 aromatic carbocycles. The molecule has 0 aliphatic carbocycles. The fourth-order valence-corrected chi connectivity index (χ4v) is 4.47. The van der Waals surface area contributed by atoms with Crippen molar-refractivity contribution in [1.29, 1.82) is 0 Å². The first kappa shape index (κ1) is 31.0. The van der Waals surface area contributed by atoms with Crippen molar-refractivity contribution >= 4 is 29.2 Å². The number of methoxy groups -OCH3 is 1. The van der Waals surface area contributed by atoms with Gasteiger partial charge in [-0.25, -0.2) is 18.5 Å². The first-order chi connectivity index (χ1) is 17.0. The van der Waals surface area contributed by atoms with Crippen LogP contribution < -0.4 is 4.72 Å². The van der Waals surface area contributed by atoms with Crippen LogP contribution in [0.15, 0.2) is 36.4 Å². The van der Waals surface area contributed by atoms with E-state index in [9.17, 15) is 13.8 Å². The summed E-state index contributed by atoms with van der Waals surface area (Å²) < 4.78 is 43.5. The van der Waals surface area contributed by atoms with Crippen LogP contribution in [0.5, 0.6) is 0 Å². The van der Waals surface area contributed by atoms with Crippen molar-refractivity contribution in [2.24, 2.45) is 0 Å². The molecule has 1 N–H and O–H groups in total. The van der Waals surface area contributed by atoms with Crippen molar-refractivity contribution in [2.75, 3.05) is 7.11 Å². The van der Waals surface area contributed by atoms with Crippen molar-refractivity contribution < 1.29 is 37.5 Å². The van der Waals surface area contributed by atoms with Gasteiger partial charge in [0.15, 0.2) is 5.79 Å². The molecule has 10 heteroatoms. The molecular formula is C27H41NO8S. The molecule has 208 valence electrons. The quantitative estimate of drug-likeness (QED) is 0.456. The minimum absolute atomic E-state index is 0.420. The van der Waals surface area contributed by atoms with Crippen LogP contribution in [0.1, 0.15) is 67.4 Å². The molecule has 1 aliphatic rings. The van der Waals surface area contributed by atoms with E-state index in [0.717, 1.165) is 5.56 Å². The molecule has 1 fully saturated rings. The summed E-state index contributed by atoms with van der Waals surface area (Å²) in [5.74, 6) is -1.85. The van der Waals surface area contributed by atoms with Crippen LogP contribution in [-0.2, 0) is 39.5 Å². The van der Waals surface area contributed by atoms with E-state index in [1.807, 2.05) is 42.5 Å². The SMILES string of the molecule is COC(=O)[C@H](OC(=O)OC(C)(C)C)[C@@H](N[S@](=O)C(C)(C)C)[C@@H]1OC(C)(C)O[C@H]1C/C=C/c1ccccc1. The van der Waals surface area contributed by atoms with E-state index in [-0.39, 0.29) is 0 Å². The Balaban J connectivity index is 2.43. The molecule has 5 atom stereocenters. The summed E-state index contributed by atoms with van der Waals surface area (Å²) in [6, 6.07) is 8.70. The van der Waals surface area contributed by atoms with Crippen molar-refractivity contribution in [1.82, 2.24) is 4.72 Å². The smallest absolute Gasteiger partial charge is 0.466 e. The lowest BCUT2D eigenvalue weighted by Gasteiger charge is -2.33. The van der Waals surface area contributed by atoms with Gasteiger partial charge in [0.1, 0.15) is 11.7 Å². The minimum atomic E-state index is -1.66. The lowest BCUT2D eigenvalue weighted by atomic mass is 9.98. The number of ether oxygens (including phenoxy) is 5. The highest BCUT2D eigenvalue weighted by atomic mass is 32.2. The Labute approximate surface area is 222 Å². The minimum Gasteiger partial charge on any atom is -0.466 e. The van der Waals surface area contributed by atoms with E-state index in [0.29, 0.717) is 6.42 Å². The highest BCUT2D eigenvalue weighted by molar-refractivity contribution is 7.84. The summed E-state index contributed by atoms with van der Waals surface area (Å²) in [7, 11) is -0.473. The van der Waals surface area contributed by atoms with Gasteiger partial charge in [-0.2, -0.15) is 0 Å². The average molecular weight is 540 g/mol. The normalized spacial score (nSPS) is 22.3. The molecule has 0 unspecified atom stereocenters. The predicted octanol–water partition coefficient (Wildman–Crippen LogP) is 4.52. The first-order valence-electron chi connectivity index (χ1n) is 12.2. The van der Waals surface area contributed by atoms with E-state index in [2.05, 4.69) is 4.72 Å². The molecule has 1 heterocycles. The standard InChI is InChI=1S/C27H41NO8S/c1-25(2,3)36-24(30)33-22(23(29)32-9)20(28-37(31)26(4,5)6)21-19(34-27(7,8)35-21)17-13-16-18-14-11-10-12-15-18/h10-16,19-22,28H,17H2,1-9H3/b16-13+/t19-,20-,21+,22+,37+/m0/s1. The fourth-order valence-electron chi connectivity index (χ4n) is 3.62. The van der Waals surface area contributed by atoms with E-state index in [1.165, 1.54) is 7.11 Å². The molecule has 0 aromatic heterocycles. The lowest BCUT2D eigenvalue weighted by Crippen LogP contribution is -2.58. The highest BCUT2D eigenvalue weighted by Crippen LogP contribution is 2.34. The molecule has 9 nitrogen and oxygen atoms in total. The summed E-state index contributed by atoms with van der Waals surface area (Å²) in [5, 5.41) is 0. The second-order valence-electron chi connectivity index (χ2n) is 11.2. The first-order valence-corrected chi connectivity index (χ1v) is 13.4. The van der Waals surface area contributed by atoms with Gasteiger partial charge in [0.2, 0.25) is 6.10 Å². The molecule has 0 saturated carbocycles. The van der Waals surface area contributed by atoms with Crippen LogP contribution in [-0.4, -0.2) is 63.9 Å². The number of hydrogen-bond acceptors (Lipinski definition) is 8. The number of carbonyl (C=O) groups is 2. The summed E-state index contributed by atoms with van der Waals surface area (Å²) in [5.41, 5.74) is 0.163. The average Bonchev–Trinajstić information content (AvgIpc) is 3.08. The van der Waals surface area contributed by atoms with Crippen molar-refractivity contribution in [3.8, 4) is 0 Å². The second-order valence-corrected chi connectivity index (χ2v) is 13.2. The topological polar surface area (TPSA) is 109 Å². The van der Waals surface area contributed by atoms with Crippen LogP contribution in [0.3, 0.4) is 0 Å². The Morgan fingerprint density at radius 1 is 1.11 bits per heavy atom. The summed E-state index contributed by atoms with van der Waals surface area (Å²) in [4.78, 5) is 25.5. The van der Waals surface area contributed by atoms with Crippen molar-refractivity contribution in [2.45, 2.75) is 102 Å². The number of benzene rings is 1. The zero-order chi connectivity index (χ0) is 28.0. The molecule has 37 heavy (non-hydrogen) atoms. The Morgan fingerprint density at radius 2 is 1.73 bits per heavy atom. The Bertz CT molecular complexity index is 965. The molecule has 1 saturated heterocycles. The van der Waals surface area contributed by atoms with E-state index >= 15 is 0 Å². The van der Waals surface area contributed by atoms with Crippen LogP contribution >= 0.6 is 0 Å². The third-order valence-corrected chi connectivity index (χ3v) is 6.82. The number of carbonyl (C=O) groups excluding carboxylic acids is 2. The zero-order valence-corrected chi connectivity index (χ0v) is 24.0. The van der Waals surface area contributed by atoms with E-state index in [1.54, 1.807) is 55.4 Å². The number of nitrogens with one attached hydrogen (secondary N) is 1. The van der Waals surface area contributed by atoms with Crippen LogP contribution in [0.2, 0.25) is 0 Å². The van der Waals surface area contributed by atoms with Gasteiger partial charge in [0.05, 0.1) is 35.0 Å². The number of esters is 1. The van der Waals surface area contributed by atoms with Crippen molar-refractivity contribution in [3.05, 3.63) is 42.0 Å². The zero-order valence-electron chi connectivity index (χ0n) is 23.2. The maximum absolute atomic E-state index is 13.2. The van der Waals surface area contributed by atoms with E-state index in [4.69, 9.17) is 23.7 Å². The highest BCUT2D eigenvalue weighted by Gasteiger charge is 2.51. The van der Waals surface area contributed by atoms with Crippen molar-refractivity contribution in [3.63, 3.8) is 0 Å². The summed E-state index contributed by atoms with van der Waals surface area (Å²) >= 11 is 0. The predicted molar refractivity (Wildman–Crippen MR) is 142 cm³/mol. The lowest BCUT2D eigenvalue weighted by molar-refractivity contribution is -0.164. The van der Waals surface area contributed by atoms with Gasteiger partial charge in [0.25, 0.3) is 0 Å². The van der Waals surface area contributed by atoms with Crippen LogP contribution in [0.25, 0.3) is 6.08 Å². The Hall–Kier alpha value is -2.27. The monoisotopic (exact) mass is 539 g/mol. The molecule has 0 spiro atoms. The number of rotatable bonds is 9. The summed E-state index contributed by atoms with van der Waals surface area (Å²) in [6.45, 7) is 13.9. The fraction of sp³-hybridized carbons (Fsp3) is 0.630. The van der Waals surface area contributed by atoms with Gasteiger partial charge >= 0.3 is 12.1 Å². The van der Waals surface area contributed by atoms with Gasteiger partial charge < -0.3 is 23.7 Å². The number of hydrogen-bond donors (Lipinski definition) is 1. The third kappa shape index (κ3) is 9.85. The van der Waals surface area contributed by atoms with E-state index < -0.39 is 63.6 Å². The maximum Gasteiger partial charge on any atom is 0.509 e. The molecule has 0 bridgehead atoms. The van der Waals surface area contributed by atoms with Crippen LogP contribution in [0.4, 0.5) is 4.79 Å². The third-order valence-electron chi connectivity index (χ3n) is 5.23. The molecule has 0 amide bonds. The van der Waals surface area contributed by atoms with Gasteiger partial charge in [-0.3, -0.25) is 0 Å². The van der Waals surface area contributed by atoms with Gasteiger partial charge in [-0.1, -0.05) is 42.5 Å². The van der Waals surface area contributed by atoms with Gasteiger partial charge in [-0.05, 0) is 67.4 Å². The second kappa shape index (κ2) is 12.5. The Morgan fingerprint density at radius 3 is 2.27 bits per heavy atom. The van der Waals surface area contributed by atoms with Gasteiger partial charge in [0, 0.05) is 0 Å².